The van der Waals surface area contributed by atoms with Gasteiger partial charge in [0.05, 0.1) is 18.4 Å². The molecular weight excluding hydrogens is 304 g/mol. The third kappa shape index (κ3) is 2.22. The van der Waals surface area contributed by atoms with E-state index in [2.05, 4.69) is 22.4 Å². The van der Waals surface area contributed by atoms with Gasteiger partial charge in [-0.25, -0.2) is 0 Å². The molecule has 1 unspecified atom stereocenters. The minimum Gasteiger partial charge on any atom is -0.495 e. The van der Waals surface area contributed by atoms with Crippen molar-refractivity contribution in [1.82, 2.24) is 14.6 Å². The molecule has 0 spiro atoms. The van der Waals surface area contributed by atoms with Crippen molar-refractivity contribution in [2.24, 2.45) is 0 Å². The molecular formula is C18H18N4O2. The molecule has 1 N–H and O–H groups in total. The third-order valence-corrected chi connectivity index (χ3v) is 4.66. The van der Waals surface area contributed by atoms with E-state index in [1.54, 1.807) is 13.4 Å². The number of carbonyl (C=O) groups is 1. The number of ether oxygens (including phenoxy) is 1. The summed E-state index contributed by atoms with van der Waals surface area (Å²) in [5, 5.41) is 11.1. The van der Waals surface area contributed by atoms with Crippen LogP contribution in [0.1, 0.15) is 40.9 Å². The number of benzene rings is 1. The highest BCUT2D eigenvalue weighted by Gasteiger charge is 2.26. The SMILES string of the molecule is COc1ccccc1NC(=O)c1cc2c(n3cnnc13)CCC2C. The molecule has 0 radical (unpaired) electrons. The molecule has 2 aromatic heterocycles. The lowest BCUT2D eigenvalue weighted by Crippen LogP contribution is -2.15. The minimum atomic E-state index is -0.209. The van der Waals surface area contributed by atoms with Crippen LogP contribution in [-0.2, 0) is 6.42 Å². The van der Waals surface area contributed by atoms with Crippen LogP contribution in [0.25, 0.3) is 5.65 Å². The largest absolute Gasteiger partial charge is 0.495 e. The Kier molecular flexibility index (Phi) is 3.45. The molecule has 0 saturated carbocycles. The molecule has 6 nitrogen and oxygen atoms in total. The van der Waals surface area contributed by atoms with Crippen LogP contribution in [0, 0.1) is 0 Å². The molecule has 1 aromatic carbocycles. The Morgan fingerprint density at radius 3 is 3.04 bits per heavy atom. The van der Waals surface area contributed by atoms with Gasteiger partial charge in [0.15, 0.2) is 5.65 Å². The van der Waals surface area contributed by atoms with E-state index < -0.39 is 0 Å². The fourth-order valence-electron chi connectivity index (χ4n) is 3.36. The van der Waals surface area contributed by atoms with Gasteiger partial charge in [0.25, 0.3) is 5.91 Å². The first-order chi connectivity index (χ1) is 11.7. The fourth-order valence-corrected chi connectivity index (χ4v) is 3.36. The second-order valence-electron chi connectivity index (χ2n) is 6.08. The zero-order chi connectivity index (χ0) is 16.7. The second-order valence-corrected chi connectivity index (χ2v) is 6.08. The molecule has 1 aliphatic carbocycles. The molecule has 1 amide bonds. The summed E-state index contributed by atoms with van der Waals surface area (Å²) >= 11 is 0. The number of aryl methyl sites for hydroxylation is 1. The number of nitrogens with zero attached hydrogens (tertiary/aromatic N) is 3. The van der Waals surface area contributed by atoms with E-state index in [0.717, 1.165) is 12.8 Å². The molecule has 122 valence electrons. The Bertz CT molecular complexity index is 932. The van der Waals surface area contributed by atoms with Crippen LogP contribution >= 0.6 is 0 Å². The fraction of sp³-hybridized carbons (Fsp3) is 0.278. The van der Waals surface area contributed by atoms with E-state index >= 15 is 0 Å². The first-order valence-electron chi connectivity index (χ1n) is 7.99. The van der Waals surface area contributed by atoms with Crippen LogP contribution in [0.15, 0.2) is 36.7 Å². The van der Waals surface area contributed by atoms with Crippen molar-refractivity contribution >= 4 is 17.2 Å². The van der Waals surface area contributed by atoms with Crippen LogP contribution < -0.4 is 10.1 Å². The number of pyridine rings is 1. The zero-order valence-electron chi connectivity index (χ0n) is 13.6. The van der Waals surface area contributed by atoms with Crippen molar-refractivity contribution in [3.63, 3.8) is 0 Å². The van der Waals surface area contributed by atoms with Gasteiger partial charge in [-0.15, -0.1) is 10.2 Å². The van der Waals surface area contributed by atoms with E-state index in [0.29, 0.717) is 28.6 Å². The van der Waals surface area contributed by atoms with Crippen molar-refractivity contribution < 1.29 is 9.53 Å². The quantitative estimate of drug-likeness (QED) is 0.805. The normalized spacial score (nSPS) is 16.2. The summed E-state index contributed by atoms with van der Waals surface area (Å²) < 4.78 is 7.24. The van der Waals surface area contributed by atoms with E-state index in [-0.39, 0.29) is 5.91 Å². The number of hydrogen-bond donors (Lipinski definition) is 1. The van der Waals surface area contributed by atoms with Crippen molar-refractivity contribution in [1.29, 1.82) is 0 Å². The van der Waals surface area contributed by atoms with E-state index in [1.165, 1.54) is 11.3 Å². The number of rotatable bonds is 3. The summed E-state index contributed by atoms with van der Waals surface area (Å²) in [6.45, 7) is 2.18. The molecule has 1 atom stereocenters. The lowest BCUT2D eigenvalue weighted by atomic mass is 10.0. The predicted molar refractivity (Wildman–Crippen MR) is 90.7 cm³/mol. The maximum atomic E-state index is 12.9. The molecule has 4 rings (SSSR count). The smallest absolute Gasteiger partial charge is 0.259 e. The standard InChI is InChI=1S/C18H18N4O2/c1-11-7-8-15-12(11)9-13(17-21-19-10-22(15)17)18(23)20-14-5-3-4-6-16(14)24-2/h3-6,9-11H,7-8H2,1-2H3,(H,20,23). The summed E-state index contributed by atoms with van der Waals surface area (Å²) in [5.41, 5.74) is 4.17. The van der Waals surface area contributed by atoms with Crippen LogP contribution in [0.2, 0.25) is 0 Å². The van der Waals surface area contributed by atoms with Gasteiger partial charge >= 0.3 is 0 Å². The third-order valence-electron chi connectivity index (χ3n) is 4.66. The summed E-state index contributed by atoms with van der Waals surface area (Å²) in [5.74, 6) is 0.849. The van der Waals surface area contributed by atoms with E-state index in [1.807, 2.05) is 34.7 Å². The van der Waals surface area contributed by atoms with Gasteiger partial charge in [-0.2, -0.15) is 0 Å². The number of amides is 1. The Morgan fingerprint density at radius 2 is 2.21 bits per heavy atom. The summed E-state index contributed by atoms with van der Waals surface area (Å²) in [7, 11) is 1.58. The number of hydrogen-bond acceptors (Lipinski definition) is 4. The Labute approximate surface area is 139 Å². The predicted octanol–water partition coefficient (Wildman–Crippen LogP) is 3.04. The van der Waals surface area contributed by atoms with Gasteiger partial charge in [0.2, 0.25) is 0 Å². The molecule has 1 aliphatic rings. The highest BCUT2D eigenvalue weighted by atomic mass is 16.5. The van der Waals surface area contributed by atoms with Gasteiger partial charge in [0.1, 0.15) is 12.1 Å². The number of fused-ring (bicyclic) bond motifs is 3. The lowest BCUT2D eigenvalue weighted by molar-refractivity contribution is 0.102. The number of aromatic nitrogens is 3. The monoisotopic (exact) mass is 322 g/mol. The molecule has 0 fully saturated rings. The van der Waals surface area contributed by atoms with Crippen LogP contribution in [0.4, 0.5) is 5.69 Å². The molecule has 0 aliphatic heterocycles. The molecule has 2 heterocycles. The maximum absolute atomic E-state index is 12.9. The van der Waals surface area contributed by atoms with Gasteiger partial charge < -0.3 is 10.1 Å². The van der Waals surface area contributed by atoms with E-state index in [4.69, 9.17) is 4.74 Å². The number of carbonyl (C=O) groups excluding carboxylic acids is 1. The number of para-hydroxylation sites is 2. The average Bonchev–Trinajstić information content (AvgIpc) is 3.21. The van der Waals surface area contributed by atoms with E-state index in [9.17, 15) is 4.79 Å². The van der Waals surface area contributed by atoms with Gasteiger partial charge in [-0.1, -0.05) is 19.1 Å². The highest BCUT2D eigenvalue weighted by Crippen LogP contribution is 2.34. The highest BCUT2D eigenvalue weighted by molar-refractivity contribution is 6.09. The summed E-state index contributed by atoms with van der Waals surface area (Å²) in [6, 6.07) is 9.31. The molecule has 0 bridgehead atoms. The second kappa shape index (κ2) is 5.63. The molecule has 0 saturated heterocycles. The van der Waals surface area contributed by atoms with Gasteiger partial charge in [-0.3, -0.25) is 9.20 Å². The average molecular weight is 322 g/mol. The molecule has 6 heteroatoms. The van der Waals surface area contributed by atoms with Crippen LogP contribution in [-0.4, -0.2) is 27.6 Å². The Morgan fingerprint density at radius 1 is 1.38 bits per heavy atom. The number of nitrogens with one attached hydrogen (secondary N) is 1. The van der Waals surface area contributed by atoms with Gasteiger partial charge in [-0.05, 0) is 42.5 Å². The molecule has 3 aromatic rings. The first-order valence-corrected chi connectivity index (χ1v) is 7.99. The van der Waals surface area contributed by atoms with Crippen molar-refractivity contribution in [3.8, 4) is 5.75 Å². The van der Waals surface area contributed by atoms with Crippen LogP contribution in [0.3, 0.4) is 0 Å². The van der Waals surface area contributed by atoms with Crippen molar-refractivity contribution in [2.75, 3.05) is 12.4 Å². The van der Waals surface area contributed by atoms with Crippen molar-refractivity contribution in [3.05, 3.63) is 53.5 Å². The van der Waals surface area contributed by atoms with Crippen molar-refractivity contribution in [2.45, 2.75) is 25.7 Å². The molecule has 24 heavy (non-hydrogen) atoms. The minimum absolute atomic E-state index is 0.209. The first kappa shape index (κ1) is 14.7. The Balaban J connectivity index is 1.78. The Hall–Kier alpha value is -2.89. The summed E-state index contributed by atoms with van der Waals surface area (Å²) in [6.07, 6.45) is 3.76. The lowest BCUT2D eigenvalue weighted by Gasteiger charge is -2.13. The number of methoxy groups -OCH3 is 1. The number of anilines is 1. The summed E-state index contributed by atoms with van der Waals surface area (Å²) in [4.78, 5) is 12.9. The zero-order valence-corrected chi connectivity index (χ0v) is 13.6. The maximum Gasteiger partial charge on any atom is 0.259 e. The topological polar surface area (TPSA) is 68.5 Å². The van der Waals surface area contributed by atoms with Gasteiger partial charge in [0, 0.05) is 5.69 Å². The van der Waals surface area contributed by atoms with Crippen LogP contribution in [0.5, 0.6) is 5.75 Å².